The zero-order valence-electron chi connectivity index (χ0n) is 9.60. The molecule has 1 aromatic heterocycles. The molecule has 1 aliphatic heterocycles. The van der Waals surface area contributed by atoms with Crippen LogP contribution in [0, 0.1) is 0 Å². The molecule has 1 aromatic carbocycles. The summed E-state index contributed by atoms with van der Waals surface area (Å²) in [7, 11) is 0. The zero-order valence-corrected chi connectivity index (χ0v) is 9.60. The second-order valence-electron chi connectivity index (χ2n) is 4.18. The minimum Gasteiger partial charge on any atom is -0.384 e. The van der Waals surface area contributed by atoms with Crippen LogP contribution in [0.1, 0.15) is 0 Å². The number of fused-ring (bicyclic) bond motifs is 1. The Kier molecular flexibility index (Phi) is 2.57. The fourth-order valence-corrected chi connectivity index (χ4v) is 2.24. The average Bonchev–Trinajstić information content (AvgIpc) is 2.39. The minimum absolute atomic E-state index is 0.574. The predicted molar refractivity (Wildman–Crippen MR) is 69.2 cm³/mol. The Bertz CT molecular complexity index is 535. The number of para-hydroxylation sites is 1. The first-order valence-electron chi connectivity index (χ1n) is 5.82. The van der Waals surface area contributed by atoms with Crippen LogP contribution in [0.3, 0.4) is 0 Å². The van der Waals surface area contributed by atoms with Gasteiger partial charge in [-0.2, -0.15) is 0 Å². The monoisotopic (exact) mass is 229 g/mol. The number of pyridine rings is 1. The summed E-state index contributed by atoms with van der Waals surface area (Å²) in [6, 6.07) is 10.1. The summed E-state index contributed by atoms with van der Waals surface area (Å²) in [6.07, 6.45) is 0. The lowest BCUT2D eigenvalue weighted by atomic mass is 10.1. The number of rotatable bonds is 1. The molecule has 0 atom stereocenters. The highest BCUT2D eigenvalue weighted by molar-refractivity contribution is 5.93. The number of hydrogen-bond donors (Lipinski definition) is 1. The van der Waals surface area contributed by atoms with Crippen molar-refractivity contribution in [2.45, 2.75) is 0 Å². The van der Waals surface area contributed by atoms with Crippen molar-refractivity contribution in [3.8, 4) is 0 Å². The first-order valence-corrected chi connectivity index (χ1v) is 5.82. The van der Waals surface area contributed by atoms with E-state index < -0.39 is 0 Å². The lowest BCUT2D eigenvalue weighted by molar-refractivity contribution is 0.123. The van der Waals surface area contributed by atoms with Gasteiger partial charge in [-0.25, -0.2) is 4.98 Å². The highest BCUT2D eigenvalue weighted by atomic mass is 16.5. The van der Waals surface area contributed by atoms with E-state index >= 15 is 0 Å². The second-order valence-corrected chi connectivity index (χ2v) is 4.18. The van der Waals surface area contributed by atoms with Crippen LogP contribution in [-0.4, -0.2) is 31.3 Å². The third-order valence-corrected chi connectivity index (χ3v) is 3.07. The molecular weight excluding hydrogens is 214 g/mol. The van der Waals surface area contributed by atoms with Gasteiger partial charge >= 0.3 is 0 Å². The molecule has 1 fully saturated rings. The first-order chi connectivity index (χ1) is 8.34. The van der Waals surface area contributed by atoms with Crippen LogP contribution in [0.5, 0.6) is 0 Å². The third kappa shape index (κ3) is 1.91. The molecular formula is C13H15N3O. The molecule has 0 saturated carbocycles. The lowest BCUT2D eigenvalue weighted by Crippen LogP contribution is -2.36. The SMILES string of the molecule is Nc1cc(N2CCOCC2)c2ccccc2n1. The molecule has 0 aliphatic carbocycles. The quantitative estimate of drug-likeness (QED) is 0.808. The number of ether oxygens (including phenoxy) is 1. The molecule has 4 heteroatoms. The number of nitrogens with two attached hydrogens (primary N) is 1. The van der Waals surface area contributed by atoms with Crippen LogP contribution in [0.25, 0.3) is 10.9 Å². The number of aromatic nitrogens is 1. The molecule has 1 aliphatic rings. The molecule has 88 valence electrons. The van der Waals surface area contributed by atoms with Gasteiger partial charge in [-0.15, -0.1) is 0 Å². The van der Waals surface area contributed by atoms with Gasteiger partial charge in [0.2, 0.25) is 0 Å². The second kappa shape index (κ2) is 4.22. The lowest BCUT2D eigenvalue weighted by Gasteiger charge is -2.29. The molecule has 1 saturated heterocycles. The smallest absolute Gasteiger partial charge is 0.126 e. The van der Waals surface area contributed by atoms with Crippen molar-refractivity contribution >= 4 is 22.4 Å². The Hall–Kier alpha value is -1.81. The summed E-state index contributed by atoms with van der Waals surface area (Å²) in [5.41, 5.74) is 7.98. The molecule has 4 nitrogen and oxygen atoms in total. The third-order valence-electron chi connectivity index (χ3n) is 3.07. The topological polar surface area (TPSA) is 51.4 Å². The van der Waals surface area contributed by atoms with Gasteiger partial charge in [-0.3, -0.25) is 0 Å². The number of benzene rings is 1. The van der Waals surface area contributed by atoms with Crippen LogP contribution in [0.2, 0.25) is 0 Å². The van der Waals surface area contributed by atoms with Crippen molar-refractivity contribution in [3.63, 3.8) is 0 Å². The number of nitrogen functional groups attached to an aromatic ring is 1. The molecule has 0 bridgehead atoms. The molecule has 2 aromatic rings. The number of morpholine rings is 1. The predicted octanol–water partition coefficient (Wildman–Crippen LogP) is 1.65. The fraction of sp³-hybridized carbons (Fsp3) is 0.308. The normalized spacial score (nSPS) is 16.4. The van der Waals surface area contributed by atoms with Gasteiger partial charge in [0, 0.05) is 30.2 Å². The highest BCUT2D eigenvalue weighted by Crippen LogP contribution is 2.28. The van der Waals surface area contributed by atoms with Crippen LogP contribution in [-0.2, 0) is 4.74 Å². The Morgan fingerprint density at radius 3 is 2.76 bits per heavy atom. The molecule has 2 N–H and O–H groups in total. The largest absolute Gasteiger partial charge is 0.384 e. The van der Waals surface area contributed by atoms with Crippen LogP contribution in [0.15, 0.2) is 30.3 Å². The van der Waals surface area contributed by atoms with E-state index in [1.54, 1.807) is 0 Å². The summed E-state index contributed by atoms with van der Waals surface area (Å²) in [4.78, 5) is 6.66. The van der Waals surface area contributed by atoms with Gasteiger partial charge in [-0.1, -0.05) is 18.2 Å². The van der Waals surface area contributed by atoms with Gasteiger partial charge in [-0.05, 0) is 6.07 Å². The van der Waals surface area contributed by atoms with Crippen LogP contribution in [0.4, 0.5) is 11.5 Å². The van der Waals surface area contributed by atoms with Crippen molar-refractivity contribution < 1.29 is 4.74 Å². The first kappa shape index (κ1) is 10.4. The molecule has 0 unspecified atom stereocenters. The number of hydrogen-bond acceptors (Lipinski definition) is 4. The van der Waals surface area contributed by atoms with Crippen molar-refractivity contribution in [2.75, 3.05) is 36.9 Å². The van der Waals surface area contributed by atoms with E-state index in [0.29, 0.717) is 5.82 Å². The standard InChI is InChI=1S/C13H15N3O/c14-13-9-12(16-5-7-17-8-6-16)10-3-1-2-4-11(10)15-13/h1-4,9H,5-8H2,(H2,14,15). The van der Waals surface area contributed by atoms with E-state index in [1.165, 1.54) is 0 Å². The molecule has 2 heterocycles. The molecule has 0 radical (unpaired) electrons. The summed E-state index contributed by atoms with van der Waals surface area (Å²) in [6.45, 7) is 3.37. The molecule has 0 spiro atoms. The van der Waals surface area contributed by atoms with Crippen molar-refractivity contribution in [1.29, 1.82) is 0 Å². The number of anilines is 2. The van der Waals surface area contributed by atoms with Crippen LogP contribution >= 0.6 is 0 Å². The minimum atomic E-state index is 0.574. The van der Waals surface area contributed by atoms with E-state index in [1.807, 2.05) is 24.3 Å². The maximum absolute atomic E-state index is 5.86. The Balaban J connectivity index is 2.13. The molecule has 0 amide bonds. The van der Waals surface area contributed by atoms with Gasteiger partial charge < -0.3 is 15.4 Å². The maximum atomic E-state index is 5.86. The number of nitrogens with zero attached hydrogens (tertiary/aromatic N) is 2. The summed E-state index contributed by atoms with van der Waals surface area (Å²) in [5, 5.41) is 1.16. The van der Waals surface area contributed by atoms with E-state index in [9.17, 15) is 0 Å². The molecule has 17 heavy (non-hydrogen) atoms. The van der Waals surface area contributed by atoms with E-state index in [-0.39, 0.29) is 0 Å². The van der Waals surface area contributed by atoms with Crippen molar-refractivity contribution in [2.24, 2.45) is 0 Å². The highest BCUT2D eigenvalue weighted by Gasteiger charge is 2.14. The van der Waals surface area contributed by atoms with Crippen molar-refractivity contribution in [3.05, 3.63) is 30.3 Å². The maximum Gasteiger partial charge on any atom is 0.126 e. The van der Waals surface area contributed by atoms with Gasteiger partial charge in [0.25, 0.3) is 0 Å². The van der Waals surface area contributed by atoms with Crippen molar-refractivity contribution in [1.82, 2.24) is 4.98 Å². The molecule has 3 rings (SSSR count). The Morgan fingerprint density at radius 1 is 1.18 bits per heavy atom. The van der Waals surface area contributed by atoms with Crippen LogP contribution < -0.4 is 10.6 Å². The van der Waals surface area contributed by atoms with Gasteiger partial charge in [0.05, 0.1) is 18.7 Å². The van der Waals surface area contributed by atoms with Gasteiger partial charge in [0.15, 0.2) is 0 Å². The summed E-state index contributed by atoms with van der Waals surface area (Å²) < 4.78 is 5.37. The van der Waals surface area contributed by atoms with E-state index in [0.717, 1.165) is 42.9 Å². The summed E-state index contributed by atoms with van der Waals surface area (Å²) >= 11 is 0. The van der Waals surface area contributed by atoms with E-state index in [2.05, 4.69) is 16.0 Å². The van der Waals surface area contributed by atoms with E-state index in [4.69, 9.17) is 10.5 Å². The average molecular weight is 229 g/mol. The van der Waals surface area contributed by atoms with Gasteiger partial charge in [0.1, 0.15) is 5.82 Å². The Labute approximate surface area is 100.0 Å². The summed E-state index contributed by atoms with van der Waals surface area (Å²) in [5.74, 6) is 0.574. The fourth-order valence-electron chi connectivity index (χ4n) is 2.24. The Morgan fingerprint density at radius 2 is 1.94 bits per heavy atom. The zero-order chi connectivity index (χ0) is 11.7.